The van der Waals surface area contributed by atoms with Crippen molar-refractivity contribution >= 4 is 69.9 Å². The minimum Gasteiger partial charge on any atom is -0.508 e. The first-order valence-corrected chi connectivity index (χ1v) is 29.6. The van der Waals surface area contributed by atoms with Crippen LogP contribution in [0.25, 0.3) is 10.8 Å². The molecule has 24 nitrogen and oxygen atoms in total. The zero-order chi connectivity index (χ0) is 62.5. The number of aromatic hydroxyl groups is 1. The molecule has 0 aromatic heterocycles. The van der Waals surface area contributed by atoms with E-state index in [1.807, 2.05) is 64.1 Å². The highest BCUT2D eigenvalue weighted by Gasteiger charge is 2.34. The number of amides is 9. The Kier molecular flexibility index (Phi) is 28.2. The third-order valence-electron chi connectivity index (χ3n) is 14.4. The van der Waals surface area contributed by atoms with E-state index in [9.17, 15) is 48.3 Å². The predicted molar refractivity (Wildman–Crippen MR) is 328 cm³/mol. The second-order valence-corrected chi connectivity index (χ2v) is 22.3. The minimum atomic E-state index is -1.49. The molecule has 24 heteroatoms. The van der Waals surface area contributed by atoms with Crippen LogP contribution in [0.1, 0.15) is 109 Å². The molecule has 3 unspecified atom stereocenters. The van der Waals surface area contributed by atoms with Gasteiger partial charge < -0.3 is 75.5 Å². The molecule has 1 fully saturated rings. The van der Waals surface area contributed by atoms with E-state index < -0.39 is 108 Å². The van der Waals surface area contributed by atoms with E-state index in [4.69, 9.17) is 17.2 Å². The zero-order valence-corrected chi connectivity index (χ0v) is 49.8. The number of carbonyl (C=O) groups is 9. The molecule has 17 N–H and O–H groups in total. The second-order valence-electron chi connectivity index (χ2n) is 22.3. The summed E-state index contributed by atoms with van der Waals surface area (Å²) in [6.07, 6.45) is 1.41. The van der Waals surface area contributed by atoms with Gasteiger partial charge in [-0.1, -0.05) is 113 Å². The molecule has 9 amide bonds. The molecular formula is C62H88N14O10. The number of nitrogens with zero attached hydrogens (tertiary/aromatic N) is 1. The molecular weight excluding hydrogens is 1100 g/mol. The molecule has 0 bridgehead atoms. The third kappa shape index (κ3) is 24.5. The fraction of sp³-hybridized carbons (Fsp3) is 0.484. The molecule has 1 aliphatic heterocycles. The van der Waals surface area contributed by atoms with Gasteiger partial charge in [0.15, 0.2) is 5.96 Å². The molecule has 1 aliphatic rings. The number of hydrogen-bond donors (Lipinski definition) is 14. The quantitative estimate of drug-likeness (QED) is 0.0248. The van der Waals surface area contributed by atoms with Crippen molar-refractivity contribution in [3.63, 3.8) is 0 Å². The van der Waals surface area contributed by atoms with Gasteiger partial charge in [0.05, 0.1) is 6.54 Å². The summed E-state index contributed by atoms with van der Waals surface area (Å²) in [6.45, 7) is 8.55. The Morgan fingerprint density at radius 3 is 1.67 bits per heavy atom. The van der Waals surface area contributed by atoms with Crippen molar-refractivity contribution < 1.29 is 48.3 Å². The first-order valence-electron chi connectivity index (χ1n) is 29.6. The van der Waals surface area contributed by atoms with E-state index in [2.05, 4.69) is 58.2 Å². The topological polar surface area (TPSA) is 385 Å². The first-order chi connectivity index (χ1) is 41.1. The highest BCUT2D eigenvalue weighted by Crippen LogP contribution is 2.18. The van der Waals surface area contributed by atoms with Gasteiger partial charge in [-0.25, -0.2) is 0 Å². The van der Waals surface area contributed by atoms with Crippen LogP contribution < -0.4 is 70.4 Å². The molecule has 4 aromatic carbocycles. The Morgan fingerprint density at radius 2 is 1.07 bits per heavy atom. The van der Waals surface area contributed by atoms with Crippen LogP contribution in [-0.2, 0) is 62.4 Å². The Morgan fingerprint density at radius 1 is 0.558 bits per heavy atom. The molecule has 1 saturated heterocycles. The number of nitrogens with two attached hydrogens (primary N) is 3. The van der Waals surface area contributed by atoms with E-state index in [-0.39, 0.29) is 81.7 Å². The Balaban J connectivity index is 1.58. The number of aliphatic imine (C=N–C) groups is 1. The lowest BCUT2D eigenvalue weighted by atomic mass is 10.00. The average Bonchev–Trinajstić information content (AvgIpc) is 3.47. The minimum absolute atomic E-state index is 0.0514. The molecule has 466 valence electrons. The van der Waals surface area contributed by atoms with Crippen LogP contribution in [0.5, 0.6) is 5.75 Å². The van der Waals surface area contributed by atoms with Crippen LogP contribution >= 0.6 is 0 Å². The average molecular weight is 1190 g/mol. The number of phenols is 1. The summed E-state index contributed by atoms with van der Waals surface area (Å²) in [6, 6.07) is 18.8. The summed E-state index contributed by atoms with van der Waals surface area (Å²) in [5, 5.41) is 40.4. The number of unbranched alkanes of at least 4 members (excludes halogenated alkanes) is 2. The summed E-state index contributed by atoms with van der Waals surface area (Å²) < 4.78 is 0. The van der Waals surface area contributed by atoms with Gasteiger partial charge in [0.25, 0.3) is 0 Å². The summed E-state index contributed by atoms with van der Waals surface area (Å²) in [7, 11) is 0. The molecule has 7 atom stereocenters. The fourth-order valence-electron chi connectivity index (χ4n) is 9.71. The summed E-state index contributed by atoms with van der Waals surface area (Å²) >= 11 is 0. The summed E-state index contributed by atoms with van der Waals surface area (Å²) in [5.41, 5.74) is 18.8. The van der Waals surface area contributed by atoms with Crippen LogP contribution in [0.15, 0.2) is 102 Å². The number of guanidine groups is 1. The van der Waals surface area contributed by atoms with E-state index in [1.54, 1.807) is 48.5 Å². The molecule has 0 saturated carbocycles. The van der Waals surface area contributed by atoms with Gasteiger partial charge in [-0.15, -0.1) is 0 Å². The smallest absolute Gasteiger partial charge is 0.243 e. The predicted octanol–water partition coefficient (Wildman–Crippen LogP) is 0.752. The van der Waals surface area contributed by atoms with Gasteiger partial charge in [-0.3, -0.25) is 48.1 Å². The SMILES string of the molecule is CC(C)NCCCCC1NC(=O)[C@H](Cc2ccc(O)cc2)NC(=O)C(Cc2ccccc2)NC(=O)CC[C@H](C(=O)N[C@@H](CCCCNC(C)C)C(N)=O)NC(=O)CNC(=O)C(Cc2ccc3ccccc3c2)NC(=O)[C@@H](CCCN=C(N)N)NC1=O. The van der Waals surface area contributed by atoms with Crippen molar-refractivity contribution in [2.45, 2.75) is 166 Å². The Labute approximate surface area is 502 Å². The van der Waals surface area contributed by atoms with Crippen LogP contribution in [0.4, 0.5) is 0 Å². The van der Waals surface area contributed by atoms with Crippen LogP contribution in [0.3, 0.4) is 0 Å². The number of rotatable bonds is 25. The standard InChI is InChI=1S/C62H88N14O10/c1-38(2)66-30-12-10-19-46(55(63)80)72-59(84)49-28-29-53(78)71-51(34-40-15-6-5-7-16-40)60(85)76-52(35-41-23-26-45(77)27-24-41)61(86)74-47(20-11-13-31-67-39(3)4)57(82)73-48(21-14-32-68-62(64)65)58(83)75-50(56(81)69-37-54(79)70-49)36-42-22-25-43-17-8-9-18-44(43)33-42/h5-9,15-18,22-27,33,38-39,46-52,66-67,77H,10-14,19-21,28-32,34-37H2,1-4H3,(H2,63,80)(H,69,81)(H,70,79)(H,71,78)(H,72,84)(H,73,82)(H,74,86)(H,75,83)(H,76,85)(H4,64,65,68)/t46-,47?,48+,49+,50?,51?,52-/m0/s1. The van der Waals surface area contributed by atoms with Crippen molar-refractivity contribution in [3.8, 4) is 5.75 Å². The molecule has 0 aliphatic carbocycles. The number of fused-ring (bicyclic) bond motifs is 1. The number of hydrogen-bond acceptors (Lipinski definition) is 13. The van der Waals surface area contributed by atoms with Crippen LogP contribution in [-0.4, -0.2) is 145 Å². The number of benzene rings is 4. The van der Waals surface area contributed by atoms with Crippen molar-refractivity contribution in [1.82, 2.24) is 53.2 Å². The maximum atomic E-state index is 14.9. The highest BCUT2D eigenvalue weighted by molar-refractivity contribution is 5.98. The highest BCUT2D eigenvalue weighted by atomic mass is 16.3. The third-order valence-corrected chi connectivity index (χ3v) is 14.4. The largest absolute Gasteiger partial charge is 0.508 e. The Bertz CT molecular complexity index is 2920. The molecule has 1 heterocycles. The number of phenolic OH excluding ortho intramolecular Hbond substituents is 1. The molecule has 0 radical (unpaired) electrons. The van der Waals surface area contributed by atoms with E-state index in [0.29, 0.717) is 55.5 Å². The van der Waals surface area contributed by atoms with E-state index in [1.165, 1.54) is 12.1 Å². The molecule has 0 spiro atoms. The Hall–Kier alpha value is -8.64. The number of nitrogens with one attached hydrogen (secondary N) is 10. The van der Waals surface area contributed by atoms with Gasteiger partial charge in [0.1, 0.15) is 48.0 Å². The monoisotopic (exact) mass is 1190 g/mol. The lowest BCUT2D eigenvalue weighted by Gasteiger charge is -2.27. The van der Waals surface area contributed by atoms with Gasteiger partial charge >= 0.3 is 0 Å². The van der Waals surface area contributed by atoms with Gasteiger partial charge in [0.2, 0.25) is 53.2 Å². The molecule has 4 aromatic rings. The van der Waals surface area contributed by atoms with Crippen LogP contribution in [0, 0.1) is 0 Å². The second kappa shape index (κ2) is 35.6. The van der Waals surface area contributed by atoms with E-state index >= 15 is 0 Å². The van der Waals surface area contributed by atoms with Gasteiger partial charge in [-0.05, 0) is 110 Å². The van der Waals surface area contributed by atoms with Crippen molar-refractivity contribution in [3.05, 3.63) is 114 Å². The summed E-state index contributed by atoms with van der Waals surface area (Å²) in [4.78, 5) is 133. The van der Waals surface area contributed by atoms with Crippen molar-refractivity contribution in [1.29, 1.82) is 0 Å². The van der Waals surface area contributed by atoms with Gasteiger partial charge in [0, 0.05) is 44.3 Å². The number of primary amides is 1. The summed E-state index contributed by atoms with van der Waals surface area (Å²) in [5.74, 6) is -7.48. The zero-order valence-electron chi connectivity index (χ0n) is 49.8. The first kappa shape index (κ1) is 68.1. The number of carbonyl (C=O) groups excluding carboxylic acids is 9. The van der Waals surface area contributed by atoms with E-state index in [0.717, 1.165) is 10.8 Å². The lowest BCUT2D eigenvalue weighted by molar-refractivity contribution is -0.135. The lowest BCUT2D eigenvalue weighted by Crippen LogP contribution is -2.60. The normalized spacial score (nSPS) is 20.1. The van der Waals surface area contributed by atoms with Crippen molar-refractivity contribution in [2.75, 3.05) is 26.2 Å². The molecule has 5 rings (SSSR count). The maximum absolute atomic E-state index is 14.9. The van der Waals surface area contributed by atoms with Crippen molar-refractivity contribution in [2.24, 2.45) is 22.2 Å². The van der Waals surface area contributed by atoms with Gasteiger partial charge in [-0.2, -0.15) is 0 Å². The fourth-order valence-corrected chi connectivity index (χ4v) is 9.71. The maximum Gasteiger partial charge on any atom is 0.243 e. The molecule has 86 heavy (non-hydrogen) atoms. The van der Waals surface area contributed by atoms with Crippen LogP contribution in [0.2, 0.25) is 0 Å².